The summed E-state index contributed by atoms with van der Waals surface area (Å²) in [7, 11) is 1.80. The van der Waals surface area contributed by atoms with Crippen molar-refractivity contribution in [2.24, 2.45) is 0 Å². The third kappa shape index (κ3) is 3.14. The highest BCUT2D eigenvalue weighted by Crippen LogP contribution is 2.25. The van der Waals surface area contributed by atoms with Crippen LogP contribution in [0.1, 0.15) is 17.2 Å². The highest BCUT2D eigenvalue weighted by Gasteiger charge is 2.14. The molecule has 0 amide bonds. The average molecular weight is 279 g/mol. The van der Waals surface area contributed by atoms with Crippen LogP contribution < -0.4 is 5.32 Å². The van der Waals surface area contributed by atoms with Crippen molar-refractivity contribution in [1.82, 2.24) is 5.32 Å². The summed E-state index contributed by atoms with van der Waals surface area (Å²) in [5.41, 5.74) is 1.73. The summed E-state index contributed by atoms with van der Waals surface area (Å²) in [4.78, 5) is 1.17. The minimum atomic E-state index is -0.823. The summed E-state index contributed by atoms with van der Waals surface area (Å²) in [5, 5.41) is 3.12. The van der Waals surface area contributed by atoms with Crippen LogP contribution in [0, 0.1) is 11.6 Å². The molecule has 0 fully saturated rings. The summed E-state index contributed by atoms with van der Waals surface area (Å²) >= 11 is 1.67. The monoisotopic (exact) mass is 279 g/mol. The van der Waals surface area contributed by atoms with E-state index in [0.717, 1.165) is 11.6 Å². The zero-order valence-corrected chi connectivity index (χ0v) is 11.6. The lowest BCUT2D eigenvalue weighted by Gasteiger charge is -2.17. The molecule has 100 valence electrons. The lowest BCUT2D eigenvalue weighted by atomic mass is 9.99. The topological polar surface area (TPSA) is 12.0 Å². The Bertz CT molecular complexity index is 555. The molecule has 1 unspecified atom stereocenters. The zero-order valence-electron chi connectivity index (χ0n) is 10.8. The van der Waals surface area contributed by atoms with Gasteiger partial charge < -0.3 is 5.32 Å². The van der Waals surface area contributed by atoms with Crippen LogP contribution in [0.25, 0.3) is 0 Å². The molecule has 2 rings (SSSR count). The van der Waals surface area contributed by atoms with Gasteiger partial charge in [0.05, 0.1) is 6.04 Å². The van der Waals surface area contributed by atoms with E-state index in [1.54, 1.807) is 24.9 Å². The fourth-order valence-electron chi connectivity index (χ4n) is 2.01. The second-order valence-electron chi connectivity index (χ2n) is 4.17. The van der Waals surface area contributed by atoms with Gasteiger partial charge in [0.1, 0.15) is 0 Å². The van der Waals surface area contributed by atoms with Gasteiger partial charge in [-0.2, -0.15) is 0 Å². The van der Waals surface area contributed by atoms with Crippen molar-refractivity contribution in [1.29, 1.82) is 0 Å². The van der Waals surface area contributed by atoms with Crippen LogP contribution >= 0.6 is 11.8 Å². The number of thioether (sulfide) groups is 1. The van der Waals surface area contributed by atoms with Crippen molar-refractivity contribution in [2.45, 2.75) is 10.9 Å². The molecule has 0 spiro atoms. The fraction of sp³-hybridized carbons (Fsp3) is 0.200. The van der Waals surface area contributed by atoms with Crippen LogP contribution in [0.15, 0.2) is 47.4 Å². The van der Waals surface area contributed by atoms with Crippen LogP contribution in [0.2, 0.25) is 0 Å². The van der Waals surface area contributed by atoms with E-state index in [-0.39, 0.29) is 6.04 Å². The lowest BCUT2D eigenvalue weighted by molar-refractivity contribution is 0.505. The Kier molecular flexibility index (Phi) is 4.56. The first kappa shape index (κ1) is 14.0. The summed E-state index contributed by atoms with van der Waals surface area (Å²) in [6, 6.07) is 11.9. The average Bonchev–Trinajstić information content (AvgIpc) is 2.44. The first-order valence-corrected chi connectivity index (χ1v) is 7.14. The largest absolute Gasteiger partial charge is 0.309 e. The lowest BCUT2D eigenvalue weighted by Crippen LogP contribution is -2.17. The number of hydrogen-bond acceptors (Lipinski definition) is 2. The van der Waals surface area contributed by atoms with E-state index >= 15 is 0 Å². The van der Waals surface area contributed by atoms with Crippen molar-refractivity contribution in [2.75, 3.05) is 13.3 Å². The molecule has 0 saturated carbocycles. The molecular weight excluding hydrogens is 264 g/mol. The maximum Gasteiger partial charge on any atom is 0.159 e. The van der Waals surface area contributed by atoms with Gasteiger partial charge in [-0.1, -0.05) is 18.2 Å². The van der Waals surface area contributed by atoms with E-state index in [0.29, 0.717) is 5.56 Å². The van der Waals surface area contributed by atoms with E-state index in [9.17, 15) is 8.78 Å². The quantitative estimate of drug-likeness (QED) is 0.849. The molecule has 1 nitrogen and oxygen atoms in total. The molecule has 0 radical (unpaired) electrons. The number of nitrogens with one attached hydrogen (secondary N) is 1. The summed E-state index contributed by atoms with van der Waals surface area (Å²) in [6.45, 7) is 0. The van der Waals surface area contributed by atoms with Crippen LogP contribution in [0.4, 0.5) is 8.78 Å². The molecule has 4 heteroatoms. The van der Waals surface area contributed by atoms with Gasteiger partial charge in [0.15, 0.2) is 11.6 Å². The number of benzene rings is 2. The maximum atomic E-state index is 13.3. The Morgan fingerprint density at radius 2 is 1.58 bits per heavy atom. The van der Waals surface area contributed by atoms with E-state index < -0.39 is 11.6 Å². The molecule has 0 aliphatic rings. The van der Waals surface area contributed by atoms with Gasteiger partial charge in [-0.05, 0) is 48.7 Å². The highest BCUT2D eigenvalue weighted by atomic mass is 32.2. The van der Waals surface area contributed by atoms with Crippen LogP contribution in [-0.2, 0) is 0 Å². The fourth-order valence-corrected chi connectivity index (χ4v) is 2.42. The van der Waals surface area contributed by atoms with Crippen molar-refractivity contribution in [3.05, 3.63) is 65.2 Å². The molecule has 0 aromatic heterocycles. The third-order valence-corrected chi connectivity index (χ3v) is 3.76. The Hall–Kier alpha value is -1.39. The Balaban J connectivity index is 2.34. The standard InChI is InChI=1S/C15H15F2NS/c1-18-15(10-3-6-12(19-2)7-4-10)11-5-8-13(16)14(17)9-11/h3-9,15,18H,1-2H3. The van der Waals surface area contributed by atoms with Crippen molar-refractivity contribution in [3.63, 3.8) is 0 Å². The first-order chi connectivity index (χ1) is 9.15. The van der Waals surface area contributed by atoms with Gasteiger partial charge >= 0.3 is 0 Å². The SMILES string of the molecule is CNC(c1ccc(SC)cc1)c1ccc(F)c(F)c1. The van der Waals surface area contributed by atoms with E-state index in [4.69, 9.17) is 0 Å². The highest BCUT2D eigenvalue weighted by molar-refractivity contribution is 7.98. The molecule has 19 heavy (non-hydrogen) atoms. The third-order valence-electron chi connectivity index (χ3n) is 3.01. The zero-order chi connectivity index (χ0) is 13.8. The molecule has 2 aromatic rings. The van der Waals surface area contributed by atoms with Crippen LogP contribution in [0.3, 0.4) is 0 Å². The van der Waals surface area contributed by atoms with Gasteiger partial charge in [0.25, 0.3) is 0 Å². The maximum absolute atomic E-state index is 13.3. The molecule has 0 heterocycles. The van der Waals surface area contributed by atoms with Crippen molar-refractivity contribution in [3.8, 4) is 0 Å². The van der Waals surface area contributed by atoms with Gasteiger partial charge in [-0.15, -0.1) is 11.8 Å². The summed E-state index contributed by atoms with van der Waals surface area (Å²) < 4.78 is 26.3. The van der Waals surface area contributed by atoms with E-state index in [2.05, 4.69) is 5.32 Å². The molecule has 1 N–H and O–H groups in total. The first-order valence-electron chi connectivity index (χ1n) is 5.92. The van der Waals surface area contributed by atoms with Crippen LogP contribution in [-0.4, -0.2) is 13.3 Å². The molecule has 0 aliphatic carbocycles. The van der Waals surface area contributed by atoms with Gasteiger partial charge in [-0.3, -0.25) is 0 Å². The van der Waals surface area contributed by atoms with Gasteiger partial charge in [-0.25, -0.2) is 8.78 Å². The summed E-state index contributed by atoms with van der Waals surface area (Å²) in [5.74, 6) is -1.64. The summed E-state index contributed by atoms with van der Waals surface area (Å²) in [6.07, 6.45) is 2.01. The minimum Gasteiger partial charge on any atom is -0.309 e. The van der Waals surface area contributed by atoms with Crippen LogP contribution in [0.5, 0.6) is 0 Å². The molecule has 0 saturated heterocycles. The molecule has 2 aromatic carbocycles. The Morgan fingerprint density at radius 1 is 0.947 bits per heavy atom. The van der Waals surface area contributed by atoms with Crippen molar-refractivity contribution < 1.29 is 8.78 Å². The van der Waals surface area contributed by atoms with Gasteiger partial charge in [0, 0.05) is 4.90 Å². The minimum absolute atomic E-state index is 0.147. The Labute approximate surface area is 116 Å². The number of hydrogen-bond donors (Lipinski definition) is 1. The number of rotatable bonds is 4. The van der Waals surface area contributed by atoms with E-state index in [1.165, 1.54) is 11.0 Å². The second-order valence-corrected chi connectivity index (χ2v) is 5.05. The number of halogens is 2. The Morgan fingerprint density at radius 3 is 2.11 bits per heavy atom. The predicted molar refractivity (Wildman–Crippen MR) is 75.5 cm³/mol. The van der Waals surface area contributed by atoms with Crippen molar-refractivity contribution >= 4 is 11.8 Å². The normalized spacial score (nSPS) is 12.4. The van der Waals surface area contributed by atoms with E-state index in [1.807, 2.05) is 30.5 Å². The second kappa shape index (κ2) is 6.17. The molecule has 0 bridgehead atoms. The smallest absolute Gasteiger partial charge is 0.159 e. The predicted octanol–water partition coefficient (Wildman–Crippen LogP) is 4.00. The molecule has 1 atom stereocenters. The van der Waals surface area contributed by atoms with Gasteiger partial charge in [0.2, 0.25) is 0 Å². The molecule has 0 aliphatic heterocycles. The molecular formula is C15H15F2NS.